The Labute approximate surface area is 198 Å². The Balaban J connectivity index is 0.00000289. The molecule has 4 rings (SSSR count). The van der Waals surface area contributed by atoms with Crippen LogP contribution in [-0.4, -0.2) is 29.6 Å². The van der Waals surface area contributed by atoms with Gasteiger partial charge >= 0.3 is 0 Å². The largest absolute Gasteiger partial charge is 0.379 e. The van der Waals surface area contributed by atoms with Gasteiger partial charge in [0.2, 0.25) is 0 Å². The Morgan fingerprint density at radius 2 is 1.19 bits per heavy atom. The van der Waals surface area contributed by atoms with Crippen LogP contribution in [0.4, 0.5) is 0 Å². The first-order valence-corrected chi connectivity index (χ1v) is 11.4. The minimum absolute atomic E-state index is 0. The first-order valence-electron chi connectivity index (χ1n) is 11.4. The van der Waals surface area contributed by atoms with Crippen LogP contribution in [0.25, 0.3) is 11.1 Å². The fraction of sp³-hybridized carbons (Fsp3) is 0.310. The number of hydrogen-bond donors (Lipinski definition) is 1. The smallest absolute Gasteiger partial charge is 0.125 e. The van der Waals surface area contributed by atoms with Gasteiger partial charge in [-0.15, -0.1) is 12.4 Å². The van der Waals surface area contributed by atoms with Crippen molar-refractivity contribution in [2.24, 2.45) is 0 Å². The lowest BCUT2D eigenvalue weighted by atomic mass is 9.83. The van der Waals surface area contributed by atoms with Crippen LogP contribution in [0.15, 0.2) is 84.9 Å². The molecule has 1 atom stereocenters. The SMILES string of the molecule is Cl.OC(CC#CCN1CCCCCC1)(c1ccccc1)c1ccc(-c2ccccc2)cc1. The number of benzene rings is 3. The second-order valence-corrected chi connectivity index (χ2v) is 8.39. The highest BCUT2D eigenvalue weighted by Crippen LogP contribution is 2.34. The second kappa shape index (κ2) is 11.9. The van der Waals surface area contributed by atoms with E-state index in [4.69, 9.17) is 0 Å². The summed E-state index contributed by atoms with van der Waals surface area (Å²) in [6.45, 7) is 3.06. The molecular formula is C29H32ClNO. The number of nitrogens with zero attached hydrogens (tertiary/aromatic N) is 1. The zero-order valence-corrected chi connectivity index (χ0v) is 19.4. The first-order chi connectivity index (χ1) is 15.3. The van der Waals surface area contributed by atoms with Gasteiger partial charge in [-0.2, -0.15) is 0 Å². The standard InChI is InChI=1S/C29H31NO.ClH/c31-29(27-15-7-4-8-16-27,21-9-12-24-30-22-10-1-2-11-23-30)28-19-17-26(18-20-28)25-13-5-3-6-14-25;/h3-8,13-20,31H,1-2,10-11,21-24H2;1H. The van der Waals surface area contributed by atoms with Gasteiger partial charge in [0.15, 0.2) is 0 Å². The highest BCUT2D eigenvalue weighted by atomic mass is 35.5. The minimum atomic E-state index is -1.12. The second-order valence-electron chi connectivity index (χ2n) is 8.39. The normalized spacial score (nSPS) is 16.0. The third-order valence-corrected chi connectivity index (χ3v) is 6.19. The number of rotatable bonds is 5. The average Bonchev–Trinajstić information content (AvgIpc) is 3.12. The number of hydrogen-bond acceptors (Lipinski definition) is 2. The van der Waals surface area contributed by atoms with E-state index in [-0.39, 0.29) is 12.4 Å². The third-order valence-electron chi connectivity index (χ3n) is 6.19. The predicted molar refractivity (Wildman–Crippen MR) is 136 cm³/mol. The van der Waals surface area contributed by atoms with Crippen molar-refractivity contribution in [1.82, 2.24) is 4.90 Å². The van der Waals surface area contributed by atoms with Gasteiger partial charge < -0.3 is 5.11 Å². The monoisotopic (exact) mass is 445 g/mol. The van der Waals surface area contributed by atoms with E-state index in [2.05, 4.69) is 41.0 Å². The van der Waals surface area contributed by atoms with E-state index in [1.807, 2.05) is 60.7 Å². The molecule has 0 aliphatic carbocycles. The molecule has 1 unspecified atom stereocenters. The van der Waals surface area contributed by atoms with Crippen molar-refractivity contribution < 1.29 is 5.11 Å². The van der Waals surface area contributed by atoms with E-state index in [0.717, 1.165) is 36.3 Å². The van der Waals surface area contributed by atoms with E-state index >= 15 is 0 Å². The zero-order valence-electron chi connectivity index (χ0n) is 18.5. The zero-order chi connectivity index (χ0) is 21.4. The van der Waals surface area contributed by atoms with Crippen LogP contribution in [0.2, 0.25) is 0 Å². The summed E-state index contributed by atoms with van der Waals surface area (Å²) in [7, 11) is 0. The Bertz CT molecular complexity index is 1000. The molecule has 3 aromatic rings. The van der Waals surface area contributed by atoms with Gasteiger partial charge in [-0.25, -0.2) is 0 Å². The fourth-order valence-corrected chi connectivity index (χ4v) is 4.31. The van der Waals surface area contributed by atoms with Crippen LogP contribution in [0, 0.1) is 11.8 Å². The van der Waals surface area contributed by atoms with E-state index in [9.17, 15) is 5.11 Å². The maximum Gasteiger partial charge on any atom is 0.125 e. The Kier molecular flexibility index (Phi) is 8.94. The molecule has 166 valence electrons. The van der Waals surface area contributed by atoms with Crippen LogP contribution < -0.4 is 0 Å². The van der Waals surface area contributed by atoms with Gasteiger partial charge in [-0.1, -0.05) is 110 Å². The summed E-state index contributed by atoms with van der Waals surface area (Å²) in [6, 6.07) is 28.5. The van der Waals surface area contributed by atoms with Gasteiger partial charge in [0.05, 0.1) is 6.54 Å². The van der Waals surface area contributed by atoms with Crippen molar-refractivity contribution in [3.8, 4) is 23.0 Å². The van der Waals surface area contributed by atoms with E-state index in [1.165, 1.54) is 31.2 Å². The molecule has 32 heavy (non-hydrogen) atoms. The molecule has 2 nitrogen and oxygen atoms in total. The maximum absolute atomic E-state index is 11.8. The summed E-state index contributed by atoms with van der Waals surface area (Å²) in [5.41, 5.74) is 2.96. The molecule has 0 spiro atoms. The Hall–Kier alpha value is -2.57. The van der Waals surface area contributed by atoms with Crippen molar-refractivity contribution in [3.63, 3.8) is 0 Å². The third kappa shape index (κ3) is 6.02. The highest BCUT2D eigenvalue weighted by Gasteiger charge is 2.30. The Morgan fingerprint density at radius 3 is 1.81 bits per heavy atom. The molecule has 0 saturated carbocycles. The lowest BCUT2D eigenvalue weighted by Crippen LogP contribution is -2.27. The van der Waals surface area contributed by atoms with Crippen molar-refractivity contribution in [1.29, 1.82) is 0 Å². The van der Waals surface area contributed by atoms with Crippen molar-refractivity contribution in [2.45, 2.75) is 37.7 Å². The molecule has 3 heteroatoms. The van der Waals surface area contributed by atoms with Gasteiger partial charge in [0.25, 0.3) is 0 Å². The molecule has 1 fully saturated rings. The number of likely N-dealkylation sites (tertiary alicyclic amines) is 1. The maximum atomic E-state index is 11.8. The molecule has 1 heterocycles. The van der Waals surface area contributed by atoms with Gasteiger partial charge in [0, 0.05) is 6.42 Å². The molecule has 0 amide bonds. The van der Waals surface area contributed by atoms with Crippen LogP contribution in [-0.2, 0) is 5.60 Å². The Morgan fingerprint density at radius 1 is 0.656 bits per heavy atom. The van der Waals surface area contributed by atoms with Crippen LogP contribution in [0.5, 0.6) is 0 Å². The van der Waals surface area contributed by atoms with Crippen molar-refractivity contribution in [2.75, 3.05) is 19.6 Å². The van der Waals surface area contributed by atoms with Gasteiger partial charge in [-0.3, -0.25) is 4.90 Å². The van der Waals surface area contributed by atoms with E-state index in [1.54, 1.807) is 0 Å². The molecular weight excluding hydrogens is 414 g/mol. The lowest BCUT2D eigenvalue weighted by Gasteiger charge is -2.28. The summed E-state index contributed by atoms with van der Waals surface area (Å²) >= 11 is 0. The van der Waals surface area contributed by atoms with Crippen LogP contribution >= 0.6 is 12.4 Å². The number of aliphatic hydroxyl groups is 1. The lowest BCUT2D eigenvalue weighted by molar-refractivity contribution is 0.0865. The fourth-order valence-electron chi connectivity index (χ4n) is 4.31. The van der Waals surface area contributed by atoms with Crippen molar-refractivity contribution >= 4 is 12.4 Å². The molecule has 3 aromatic carbocycles. The molecule has 0 aromatic heterocycles. The predicted octanol–water partition coefficient (Wildman–Crippen LogP) is 6.28. The van der Waals surface area contributed by atoms with Gasteiger partial charge in [0.1, 0.15) is 5.60 Å². The summed E-state index contributed by atoms with van der Waals surface area (Å²) in [5.74, 6) is 6.63. The minimum Gasteiger partial charge on any atom is -0.379 e. The topological polar surface area (TPSA) is 23.5 Å². The quantitative estimate of drug-likeness (QED) is 0.467. The average molecular weight is 446 g/mol. The molecule has 0 radical (unpaired) electrons. The summed E-state index contributed by atoms with van der Waals surface area (Å²) in [6.07, 6.45) is 5.58. The highest BCUT2D eigenvalue weighted by molar-refractivity contribution is 5.85. The molecule has 1 aliphatic heterocycles. The van der Waals surface area contributed by atoms with Crippen molar-refractivity contribution in [3.05, 3.63) is 96.1 Å². The summed E-state index contributed by atoms with van der Waals surface area (Å²) in [5, 5.41) is 11.8. The summed E-state index contributed by atoms with van der Waals surface area (Å²) < 4.78 is 0. The number of halogens is 1. The van der Waals surface area contributed by atoms with Crippen LogP contribution in [0.1, 0.15) is 43.2 Å². The molecule has 1 N–H and O–H groups in total. The summed E-state index contributed by atoms with van der Waals surface area (Å²) in [4.78, 5) is 2.44. The molecule has 0 bridgehead atoms. The first kappa shape index (κ1) is 24.1. The van der Waals surface area contributed by atoms with E-state index < -0.39 is 5.60 Å². The van der Waals surface area contributed by atoms with Crippen LogP contribution in [0.3, 0.4) is 0 Å². The molecule has 1 saturated heterocycles. The van der Waals surface area contributed by atoms with E-state index in [0.29, 0.717) is 6.42 Å². The molecule has 1 aliphatic rings. The van der Waals surface area contributed by atoms with Gasteiger partial charge in [-0.05, 0) is 48.2 Å².